The standard InChI is InChI=1S/C15H20FNO3/c1-10(14(19)20)9-17(15(2,3)4)13(18)11-5-7-12(16)8-6-11/h5-8,10H,9H2,1-4H3,(H,19,20). The molecule has 0 heterocycles. The summed E-state index contributed by atoms with van der Waals surface area (Å²) in [4.78, 5) is 24.9. The Labute approximate surface area is 118 Å². The van der Waals surface area contributed by atoms with Gasteiger partial charge in [-0.05, 0) is 45.0 Å². The third-order valence-corrected chi connectivity index (χ3v) is 3.02. The number of aliphatic carboxylic acids is 1. The third-order valence-electron chi connectivity index (χ3n) is 3.02. The van der Waals surface area contributed by atoms with Crippen molar-refractivity contribution in [2.45, 2.75) is 33.2 Å². The summed E-state index contributed by atoms with van der Waals surface area (Å²) in [6.07, 6.45) is 0. The van der Waals surface area contributed by atoms with Crippen LogP contribution in [0.4, 0.5) is 4.39 Å². The lowest BCUT2D eigenvalue weighted by atomic mass is 10.0. The topological polar surface area (TPSA) is 57.6 Å². The molecule has 0 aliphatic heterocycles. The quantitative estimate of drug-likeness (QED) is 0.923. The number of hydrogen-bond donors (Lipinski definition) is 1. The van der Waals surface area contributed by atoms with Crippen LogP contribution in [0.5, 0.6) is 0 Å². The molecule has 0 bridgehead atoms. The second-order valence-electron chi connectivity index (χ2n) is 5.83. The van der Waals surface area contributed by atoms with Crippen LogP contribution in [0.2, 0.25) is 0 Å². The number of carbonyl (C=O) groups is 2. The van der Waals surface area contributed by atoms with Gasteiger partial charge in [0.25, 0.3) is 5.91 Å². The Morgan fingerprint density at radius 2 is 1.75 bits per heavy atom. The van der Waals surface area contributed by atoms with Gasteiger partial charge in [0.1, 0.15) is 5.82 Å². The first-order chi connectivity index (χ1) is 9.12. The molecule has 0 aliphatic rings. The molecule has 1 rings (SSSR count). The van der Waals surface area contributed by atoms with Crippen LogP contribution in [0.3, 0.4) is 0 Å². The smallest absolute Gasteiger partial charge is 0.308 e. The van der Waals surface area contributed by atoms with E-state index in [2.05, 4.69) is 0 Å². The average Bonchev–Trinajstić information content (AvgIpc) is 2.34. The Morgan fingerprint density at radius 3 is 2.15 bits per heavy atom. The van der Waals surface area contributed by atoms with E-state index in [4.69, 9.17) is 5.11 Å². The van der Waals surface area contributed by atoms with Crippen LogP contribution in [0.1, 0.15) is 38.1 Å². The number of hydrogen-bond acceptors (Lipinski definition) is 2. The SMILES string of the molecule is CC(CN(C(=O)c1ccc(F)cc1)C(C)(C)C)C(=O)O. The van der Waals surface area contributed by atoms with Gasteiger partial charge in [0.2, 0.25) is 0 Å². The summed E-state index contributed by atoms with van der Waals surface area (Å²) in [6.45, 7) is 7.17. The van der Waals surface area contributed by atoms with Crippen molar-refractivity contribution in [1.29, 1.82) is 0 Å². The van der Waals surface area contributed by atoms with Crippen molar-refractivity contribution in [2.24, 2.45) is 5.92 Å². The third kappa shape index (κ3) is 4.05. The number of halogens is 1. The summed E-state index contributed by atoms with van der Waals surface area (Å²) in [7, 11) is 0. The van der Waals surface area contributed by atoms with Crippen molar-refractivity contribution < 1.29 is 19.1 Å². The Bertz CT molecular complexity index is 491. The highest BCUT2D eigenvalue weighted by atomic mass is 19.1. The number of benzene rings is 1. The fourth-order valence-electron chi connectivity index (χ4n) is 1.76. The molecule has 0 saturated heterocycles. The number of carbonyl (C=O) groups excluding carboxylic acids is 1. The van der Waals surface area contributed by atoms with Crippen molar-refractivity contribution in [3.8, 4) is 0 Å². The van der Waals surface area contributed by atoms with Crippen LogP contribution >= 0.6 is 0 Å². The second kappa shape index (κ2) is 6.03. The highest BCUT2D eigenvalue weighted by Gasteiger charge is 2.30. The zero-order chi connectivity index (χ0) is 15.5. The van der Waals surface area contributed by atoms with Crippen molar-refractivity contribution in [3.05, 3.63) is 35.6 Å². The fraction of sp³-hybridized carbons (Fsp3) is 0.467. The first kappa shape index (κ1) is 16.1. The lowest BCUT2D eigenvalue weighted by Crippen LogP contribution is -2.48. The van der Waals surface area contributed by atoms with Crippen molar-refractivity contribution in [1.82, 2.24) is 4.90 Å². The van der Waals surface area contributed by atoms with Gasteiger partial charge in [-0.1, -0.05) is 6.92 Å². The van der Waals surface area contributed by atoms with Crippen LogP contribution in [0, 0.1) is 11.7 Å². The summed E-state index contributed by atoms with van der Waals surface area (Å²) in [5.41, 5.74) is -0.172. The molecule has 5 heteroatoms. The number of nitrogens with zero attached hydrogens (tertiary/aromatic N) is 1. The van der Waals surface area contributed by atoms with Crippen molar-refractivity contribution in [3.63, 3.8) is 0 Å². The Balaban J connectivity index is 3.02. The average molecular weight is 281 g/mol. The Hall–Kier alpha value is -1.91. The molecule has 1 atom stereocenters. The van der Waals surface area contributed by atoms with Crippen LogP contribution in [-0.4, -0.2) is 34.0 Å². The van der Waals surface area contributed by atoms with E-state index in [1.54, 1.807) is 6.92 Å². The van der Waals surface area contributed by atoms with Gasteiger partial charge in [-0.25, -0.2) is 4.39 Å². The van der Waals surface area contributed by atoms with Crippen LogP contribution in [-0.2, 0) is 4.79 Å². The monoisotopic (exact) mass is 281 g/mol. The second-order valence-corrected chi connectivity index (χ2v) is 5.83. The Kier molecular flexibility index (Phi) is 4.87. The van der Waals surface area contributed by atoms with E-state index in [1.807, 2.05) is 20.8 Å². The highest BCUT2D eigenvalue weighted by Crippen LogP contribution is 2.19. The molecular formula is C15H20FNO3. The van der Waals surface area contributed by atoms with Gasteiger partial charge in [-0.2, -0.15) is 0 Å². The number of amides is 1. The zero-order valence-corrected chi connectivity index (χ0v) is 12.2. The van der Waals surface area contributed by atoms with Gasteiger partial charge in [-0.15, -0.1) is 0 Å². The summed E-state index contributed by atoms with van der Waals surface area (Å²) in [5, 5.41) is 9.00. The first-order valence-corrected chi connectivity index (χ1v) is 6.43. The van der Waals surface area contributed by atoms with Gasteiger partial charge < -0.3 is 10.0 Å². The van der Waals surface area contributed by atoms with E-state index in [9.17, 15) is 14.0 Å². The molecule has 0 spiro atoms. The van der Waals surface area contributed by atoms with Gasteiger partial charge in [0, 0.05) is 17.6 Å². The molecule has 1 aromatic carbocycles. The van der Waals surface area contributed by atoms with E-state index < -0.39 is 23.2 Å². The van der Waals surface area contributed by atoms with Crippen molar-refractivity contribution >= 4 is 11.9 Å². The van der Waals surface area contributed by atoms with Crippen molar-refractivity contribution in [2.75, 3.05) is 6.54 Å². The van der Waals surface area contributed by atoms with E-state index in [-0.39, 0.29) is 12.5 Å². The fourth-order valence-corrected chi connectivity index (χ4v) is 1.76. The summed E-state index contributed by atoms with van der Waals surface area (Å²) < 4.78 is 12.9. The van der Waals surface area contributed by atoms with Gasteiger partial charge >= 0.3 is 5.97 Å². The molecule has 1 unspecified atom stereocenters. The van der Waals surface area contributed by atoms with E-state index in [1.165, 1.54) is 29.2 Å². The molecule has 0 aliphatic carbocycles. The zero-order valence-electron chi connectivity index (χ0n) is 12.2. The molecule has 1 aromatic rings. The molecular weight excluding hydrogens is 261 g/mol. The molecule has 0 radical (unpaired) electrons. The normalized spacial score (nSPS) is 12.8. The predicted octanol–water partition coefficient (Wildman–Crippen LogP) is 2.79. The number of carboxylic acids is 1. The predicted molar refractivity (Wildman–Crippen MR) is 74.0 cm³/mol. The lowest BCUT2D eigenvalue weighted by molar-refractivity contribution is -0.141. The van der Waals surface area contributed by atoms with Gasteiger partial charge in [-0.3, -0.25) is 9.59 Å². The Morgan fingerprint density at radius 1 is 1.25 bits per heavy atom. The summed E-state index contributed by atoms with van der Waals surface area (Å²) >= 11 is 0. The summed E-state index contributed by atoms with van der Waals surface area (Å²) in [5.74, 6) is -2.34. The van der Waals surface area contributed by atoms with Gasteiger partial charge in [0.15, 0.2) is 0 Å². The van der Waals surface area contributed by atoms with Crippen LogP contribution in [0.25, 0.3) is 0 Å². The molecule has 20 heavy (non-hydrogen) atoms. The highest BCUT2D eigenvalue weighted by molar-refractivity contribution is 5.94. The molecule has 1 N–H and O–H groups in total. The maximum Gasteiger partial charge on any atom is 0.308 e. The molecule has 0 aromatic heterocycles. The molecule has 110 valence electrons. The molecule has 0 fully saturated rings. The number of rotatable bonds is 4. The van der Waals surface area contributed by atoms with E-state index >= 15 is 0 Å². The molecule has 1 amide bonds. The molecule has 4 nitrogen and oxygen atoms in total. The van der Waals surface area contributed by atoms with Crippen LogP contribution < -0.4 is 0 Å². The number of carboxylic acid groups (broad SMARTS) is 1. The minimum absolute atomic E-state index is 0.106. The minimum Gasteiger partial charge on any atom is -0.481 e. The van der Waals surface area contributed by atoms with E-state index in [0.717, 1.165) is 0 Å². The molecule has 0 saturated carbocycles. The first-order valence-electron chi connectivity index (χ1n) is 6.43. The van der Waals surface area contributed by atoms with Crippen LogP contribution in [0.15, 0.2) is 24.3 Å². The summed E-state index contributed by atoms with van der Waals surface area (Å²) in [6, 6.07) is 5.24. The maximum atomic E-state index is 12.9. The van der Waals surface area contributed by atoms with Gasteiger partial charge in [0.05, 0.1) is 5.92 Å². The van der Waals surface area contributed by atoms with E-state index in [0.29, 0.717) is 5.56 Å². The lowest BCUT2D eigenvalue weighted by Gasteiger charge is -2.37. The minimum atomic E-state index is -0.953. The largest absolute Gasteiger partial charge is 0.481 e. The maximum absolute atomic E-state index is 12.9.